The van der Waals surface area contributed by atoms with Crippen molar-refractivity contribution in [3.63, 3.8) is 0 Å². The fraction of sp³-hybridized carbons (Fsp3) is 0.636. The summed E-state index contributed by atoms with van der Waals surface area (Å²) in [5.41, 5.74) is -1.18. The van der Waals surface area contributed by atoms with Crippen molar-refractivity contribution in [3.8, 4) is 0 Å². The Labute approximate surface area is 236 Å². The Bertz CT molecular complexity index is 1300. The van der Waals surface area contributed by atoms with Crippen molar-refractivity contribution >= 4 is 23.5 Å². The van der Waals surface area contributed by atoms with E-state index in [2.05, 4.69) is 13.8 Å². The molecule has 2 fully saturated rings. The van der Waals surface area contributed by atoms with Crippen molar-refractivity contribution in [2.24, 2.45) is 39.4 Å². The predicted molar refractivity (Wildman–Crippen MR) is 148 cm³/mol. The van der Waals surface area contributed by atoms with Crippen LogP contribution in [0.2, 0.25) is 0 Å². The van der Waals surface area contributed by atoms with Gasteiger partial charge in [0.25, 0.3) is 0 Å². The third-order valence-electron chi connectivity index (χ3n) is 11.4. The minimum absolute atomic E-state index is 0.0537. The summed E-state index contributed by atoms with van der Waals surface area (Å²) in [6.07, 6.45) is 9.01. The van der Waals surface area contributed by atoms with E-state index in [4.69, 9.17) is 13.9 Å². The molecule has 1 unspecified atom stereocenters. The van der Waals surface area contributed by atoms with Crippen molar-refractivity contribution in [1.29, 1.82) is 0 Å². The maximum absolute atomic E-state index is 13.9. The molecule has 4 aliphatic rings. The van der Waals surface area contributed by atoms with Gasteiger partial charge in [0.1, 0.15) is 12.2 Å². The molecule has 5 rings (SSSR count). The number of ether oxygens (including phenoxy) is 2. The van der Waals surface area contributed by atoms with Gasteiger partial charge < -0.3 is 13.9 Å². The number of carbonyl (C=O) groups excluding carboxylic acids is 4. The predicted octanol–water partition coefficient (Wildman–Crippen LogP) is 5.99. The Morgan fingerprint density at radius 3 is 2.27 bits per heavy atom. The molecule has 0 N–H and O–H groups in total. The van der Waals surface area contributed by atoms with Crippen molar-refractivity contribution in [1.82, 2.24) is 0 Å². The molecule has 7 heteroatoms. The first-order valence-corrected chi connectivity index (χ1v) is 14.5. The Kier molecular flexibility index (Phi) is 6.63. The van der Waals surface area contributed by atoms with E-state index in [0.29, 0.717) is 19.3 Å². The molecule has 9 atom stereocenters. The molecule has 0 spiro atoms. The molecule has 0 radical (unpaired) electrons. The van der Waals surface area contributed by atoms with Crippen molar-refractivity contribution in [2.75, 3.05) is 0 Å². The average Bonchev–Trinajstić information content (AvgIpc) is 3.50. The lowest BCUT2D eigenvalue weighted by atomic mass is 9.38. The van der Waals surface area contributed by atoms with Crippen LogP contribution in [0.5, 0.6) is 0 Å². The first-order chi connectivity index (χ1) is 18.6. The number of rotatable bonds is 5. The molecule has 40 heavy (non-hydrogen) atoms. The summed E-state index contributed by atoms with van der Waals surface area (Å²) in [4.78, 5) is 52.9. The molecule has 0 bridgehead atoms. The van der Waals surface area contributed by atoms with Crippen LogP contribution in [0.15, 0.2) is 46.8 Å². The number of hydrogen-bond acceptors (Lipinski definition) is 7. The first-order valence-electron chi connectivity index (χ1n) is 14.5. The second kappa shape index (κ2) is 9.28. The number of esters is 2. The van der Waals surface area contributed by atoms with Gasteiger partial charge in [-0.15, -0.1) is 0 Å². The third-order valence-corrected chi connectivity index (χ3v) is 11.4. The summed E-state index contributed by atoms with van der Waals surface area (Å²) < 4.78 is 17.9. The number of carbonyl (C=O) groups is 4. The lowest BCUT2D eigenvalue weighted by Crippen LogP contribution is -2.67. The Morgan fingerprint density at radius 1 is 1.02 bits per heavy atom. The van der Waals surface area contributed by atoms with Crippen LogP contribution in [-0.4, -0.2) is 35.7 Å². The molecular formula is C33H42O7. The summed E-state index contributed by atoms with van der Waals surface area (Å²) in [7, 11) is 0. The molecule has 0 amide bonds. The quantitative estimate of drug-likeness (QED) is 0.416. The summed E-state index contributed by atoms with van der Waals surface area (Å²) >= 11 is 0. The molecular weight excluding hydrogens is 508 g/mol. The molecule has 2 saturated carbocycles. The van der Waals surface area contributed by atoms with Gasteiger partial charge in [-0.05, 0) is 60.3 Å². The van der Waals surface area contributed by atoms with E-state index in [1.807, 2.05) is 40.7 Å². The molecule has 0 aromatic carbocycles. The van der Waals surface area contributed by atoms with Gasteiger partial charge in [0.05, 0.1) is 24.4 Å². The summed E-state index contributed by atoms with van der Waals surface area (Å²) in [5, 5.41) is 0. The topological polar surface area (TPSA) is 99.9 Å². The second-order valence-electron chi connectivity index (χ2n) is 13.7. The van der Waals surface area contributed by atoms with Gasteiger partial charge in [0.15, 0.2) is 11.6 Å². The summed E-state index contributed by atoms with van der Waals surface area (Å²) in [6, 6.07) is 1.79. The molecule has 0 aliphatic heterocycles. The highest BCUT2D eigenvalue weighted by Gasteiger charge is 2.72. The Morgan fingerprint density at radius 2 is 1.68 bits per heavy atom. The normalized spacial score (nSPS) is 40.4. The molecule has 1 aromatic heterocycles. The fourth-order valence-corrected chi connectivity index (χ4v) is 8.93. The van der Waals surface area contributed by atoms with Gasteiger partial charge in [-0.3, -0.25) is 19.2 Å². The zero-order chi connectivity index (χ0) is 29.4. The van der Waals surface area contributed by atoms with E-state index < -0.39 is 45.8 Å². The van der Waals surface area contributed by atoms with Crippen LogP contribution in [0.1, 0.15) is 86.1 Å². The standard InChI is InChI=1S/C33H42O7/c1-9-18(2)29(37)40-26-15-22-30(4,5)25(36)10-12-31(22,6)23-16-27(39-19(3)34)33(8)24(32(23,26)7)14-21(35)28(33)20-11-13-38-17-20/h10-14,17-18,22-23,26-28H,9,15-16H2,1-8H3/t18?,22-,23+,26+,27+,28+,31-,32+,33-/m0/s1. The number of allylic oxidation sites excluding steroid dienone is 3. The van der Waals surface area contributed by atoms with E-state index in [1.54, 1.807) is 30.7 Å². The van der Waals surface area contributed by atoms with Gasteiger partial charge >= 0.3 is 11.9 Å². The largest absolute Gasteiger partial charge is 0.472 e. The maximum Gasteiger partial charge on any atom is 0.308 e. The molecule has 7 nitrogen and oxygen atoms in total. The number of fused-ring (bicyclic) bond motifs is 5. The van der Waals surface area contributed by atoms with Gasteiger partial charge in [0.2, 0.25) is 0 Å². The zero-order valence-electron chi connectivity index (χ0n) is 24.9. The van der Waals surface area contributed by atoms with Crippen LogP contribution in [0.4, 0.5) is 0 Å². The molecule has 0 saturated heterocycles. The van der Waals surface area contributed by atoms with Gasteiger partial charge in [-0.25, -0.2) is 0 Å². The molecule has 1 heterocycles. The Balaban J connectivity index is 1.74. The SMILES string of the molecule is CCC(C)C(=O)O[C@@H]1C[C@H]2C(C)(C)C(=O)C=C[C@]2(C)[C@H]2C[C@@H](OC(C)=O)[C@]3(C)C(=CC(=O)[C@H]3c3ccoc3)[C@@]21C. The van der Waals surface area contributed by atoms with Crippen molar-refractivity contribution in [3.05, 3.63) is 48.0 Å². The van der Waals surface area contributed by atoms with Crippen LogP contribution in [0.25, 0.3) is 0 Å². The van der Waals surface area contributed by atoms with Crippen LogP contribution >= 0.6 is 0 Å². The van der Waals surface area contributed by atoms with Crippen LogP contribution in [-0.2, 0) is 28.7 Å². The van der Waals surface area contributed by atoms with E-state index in [9.17, 15) is 19.2 Å². The molecule has 1 aromatic rings. The lowest BCUT2D eigenvalue weighted by molar-refractivity contribution is -0.206. The van der Waals surface area contributed by atoms with Gasteiger partial charge in [-0.1, -0.05) is 54.5 Å². The van der Waals surface area contributed by atoms with E-state index in [-0.39, 0.29) is 35.3 Å². The lowest BCUT2D eigenvalue weighted by Gasteiger charge is -2.67. The maximum atomic E-state index is 13.9. The van der Waals surface area contributed by atoms with E-state index in [0.717, 1.165) is 11.1 Å². The smallest absolute Gasteiger partial charge is 0.308 e. The molecule has 216 valence electrons. The number of ketones is 2. The minimum atomic E-state index is -0.869. The highest BCUT2D eigenvalue weighted by atomic mass is 16.6. The monoisotopic (exact) mass is 550 g/mol. The van der Waals surface area contributed by atoms with Crippen molar-refractivity contribution in [2.45, 2.75) is 92.8 Å². The van der Waals surface area contributed by atoms with Crippen molar-refractivity contribution < 1.29 is 33.1 Å². The summed E-state index contributed by atoms with van der Waals surface area (Å²) in [6.45, 7) is 15.5. The summed E-state index contributed by atoms with van der Waals surface area (Å²) in [5.74, 6) is -1.87. The van der Waals surface area contributed by atoms with Gasteiger partial charge in [0, 0.05) is 28.7 Å². The zero-order valence-corrected chi connectivity index (χ0v) is 24.9. The average molecular weight is 551 g/mol. The van der Waals surface area contributed by atoms with Gasteiger partial charge in [-0.2, -0.15) is 0 Å². The van der Waals surface area contributed by atoms with Crippen LogP contribution < -0.4 is 0 Å². The highest BCUT2D eigenvalue weighted by Crippen LogP contribution is 2.73. The first kappa shape index (κ1) is 28.6. The second-order valence-corrected chi connectivity index (χ2v) is 13.7. The van der Waals surface area contributed by atoms with E-state index >= 15 is 0 Å². The number of furan rings is 1. The Hall–Kier alpha value is -2.96. The van der Waals surface area contributed by atoms with Crippen LogP contribution in [0.3, 0.4) is 0 Å². The fourth-order valence-electron chi connectivity index (χ4n) is 8.93. The minimum Gasteiger partial charge on any atom is -0.472 e. The highest BCUT2D eigenvalue weighted by molar-refractivity contribution is 6.01. The van der Waals surface area contributed by atoms with Crippen LogP contribution in [0, 0.1) is 39.4 Å². The van der Waals surface area contributed by atoms with E-state index in [1.165, 1.54) is 6.92 Å². The number of hydrogen-bond donors (Lipinski definition) is 0. The third kappa shape index (κ3) is 3.75. The molecule has 4 aliphatic carbocycles.